The molecule has 3 N–H and O–H groups in total. The van der Waals surface area contributed by atoms with Crippen LogP contribution in [0.2, 0.25) is 0 Å². The van der Waals surface area contributed by atoms with E-state index >= 15 is 0 Å². The fraction of sp³-hybridized carbons (Fsp3) is 0.333. The standard InChI is InChI=1S/C12H14N4O4/c17-10-7-16(5-1-4-13-10)12(20)15-8-2-3-9(11(18)19)14-6-8/h2-3,6H,1,4-5,7H2,(H,13,17)(H,15,20)(H,18,19). The van der Waals surface area contributed by atoms with E-state index in [-0.39, 0.29) is 18.1 Å². The summed E-state index contributed by atoms with van der Waals surface area (Å²) in [6.07, 6.45) is 1.95. The Morgan fingerprint density at radius 3 is 2.85 bits per heavy atom. The average molecular weight is 278 g/mol. The summed E-state index contributed by atoms with van der Waals surface area (Å²) in [4.78, 5) is 39.1. The number of pyridine rings is 1. The summed E-state index contributed by atoms with van der Waals surface area (Å²) >= 11 is 0. The second kappa shape index (κ2) is 6.00. The Hall–Kier alpha value is -2.64. The highest BCUT2D eigenvalue weighted by Gasteiger charge is 2.19. The lowest BCUT2D eigenvalue weighted by molar-refractivity contribution is -0.120. The molecule has 1 aromatic heterocycles. The second-order valence-electron chi connectivity index (χ2n) is 4.29. The molecule has 106 valence electrons. The predicted octanol–water partition coefficient (Wildman–Crippen LogP) is 0.134. The van der Waals surface area contributed by atoms with Gasteiger partial charge >= 0.3 is 12.0 Å². The van der Waals surface area contributed by atoms with Crippen molar-refractivity contribution >= 4 is 23.6 Å². The molecular formula is C12H14N4O4. The molecule has 3 amide bonds. The van der Waals surface area contributed by atoms with E-state index < -0.39 is 12.0 Å². The van der Waals surface area contributed by atoms with Crippen LogP contribution < -0.4 is 10.6 Å². The molecule has 0 unspecified atom stereocenters. The van der Waals surface area contributed by atoms with Gasteiger partial charge in [-0.2, -0.15) is 0 Å². The first-order chi connectivity index (χ1) is 9.56. The molecule has 0 atom stereocenters. The second-order valence-corrected chi connectivity index (χ2v) is 4.29. The Bertz CT molecular complexity index is 529. The highest BCUT2D eigenvalue weighted by atomic mass is 16.4. The molecular weight excluding hydrogens is 264 g/mol. The van der Waals surface area contributed by atoms with Crippen molar-refractivity contribution in [1.29, 1.82) is 0 Å². The van der Waals surface area contributed by atoms with Gasteiger partial charge in [0, 0.05) is 13.1 Å². The van der Waals surface area contributed by atoms with Crippen molar-refractivity contribution in [2.24, 2.45) is 0 Å². The molecule has 0 spiro atoms. The van der Waals surface area contributed by atoms with Crippen molar-refractivity contribution < 1.29 is 19.5 Å². The van der Waals surface area contributed by atoms with Gasteiger partial charge in [0.2, 0.25) is 5.91 Å². The van der Waals surface area contributed by atoms with E-state index in [0.717, 1.165) is 0 Å². The van der Waals surface area contributed by atoms with Crippen molar-refractivity contribution in [3.8, 4) is 0 Å². The van der Waals surface area contributed by atoms with E-state index in [9.17, 15) is 14.4 Å². The van der Waals surface area contributed by atoms with Crippen molar-refractivity contribution in [3.05, 3.63) is 24.0 Å². The summed E-state index contributed by atoms with van der Waals surface area (Å²) in [5.41, 5.74) is 0.279. The number of carbonyl (C=O) groups excluding carboxylic acids is 2. The molecule has 1 aliphatic rings. The minimum Gasteiger partial charge on any atom is -0.477 e. The maximum atomic E-state index is 12.0. The summed E-state index contributed by atoms with van der Waals surface area (Å²) < 4.78 is 0. The summed E-state index contributed by atoms with van der Waals surface area (Å²) in [6.45, 7) is 1.04. The van der Waals surface area contributed by atoms with Crippen LogP contribution in [0.5, 0.6) is 0 Å². The number of nitrogens with zero attached hydrogens (tertiary/aromatic N) is 2. The number of anilines is 1. The van der Waals surface area contributed by atoms with Gasteiger partial charge in [0.05, 0.1) is 11.9 Å². The fourth-order valence-electron chi connectivity index (χ4n) is 1.78. The zero-order valence-corrected chi connectivity index (χ0v) is 10.6. The number of aromatic carboxylic acids is 1. The van der Waals surface area contributed by atoms with Crippen LogP contribution in [0.25, 0.3) is 0 Å². The van der Waals surface area contributed by atoms with Crippen LogP contribution in [-0.2, 0) is 4.79 Å². The summed E-state index contributed by atoms with van der Waals surface area (Å²) in [5.74, 6) is -1.33. The number of hydrogen-bond acceptors (Lipinski definition) is 4. The van der Waals surface area contributed by atoms with Gasteiger partial charge in [0.1, 0.15) is 12.2 Å². The average Bonchev–Trinajstić information content (AvgIpc) is 2.64. The molecule has 20 heavy (non-hydrogen) atoms. The first-order valence-corrected chi connectivity index (χ1v) is 6.08. The number of carbonyl (C=O) groups is 3. The van der Waals surface area contributed by atoms with Gasteiger partial charge in [-0.25, -0.2) is 14.6 Å². The topological polar surface area (TPSA) is 112 Å². The van der Waals surface area contributed by atoms with Gasteiger partial charge < -0.3 is 20.6 Å². The minimum atomic E-state index is -1.13. The van der Waals surface area contributed by atoms with Crippen LogP contribution in [0.15, 0.2) is 18.3 Å². The highest BCUT2D eigenvalue weighted by molar-refractivity contribution is 5.93. The Morgan fingerprint density at radius 1 is 1.40 bits per heavy atom. The smallest absolute Gasteiger partial charge is 0.354 e. The molecule has 8 heteroatoms. The quantitative estimate of drug-likeness (QED) is 0.712. The monoisotopic (exact) mass is 278 g/mol. The Kier molecular flexibility index (Phi) is 4.14. The SMILES string of the molecule is O=C1CN(C(=O)Nc2ccc(C(=O)O)nc2)CCCN1. The van der Waals surface area contributed by atoms with Gasteiger partial charge in [-0.3, -0.25) is 4.79 Å². The lowest BCUT2D eigenvalue weighted by atomic mass is 10.3. The number of amides is 3. The Morgan fingerprint density at radius 2 is 2.20 bits per heavy atom. The normalized spacial score (nSPS) is 15.2. The molecule has 0 aliphatic carbocycles. The maximum Gasteiger partial charge on any atom is 0.354 e. The van der Waals surface area contributed by atoms with Crippen LogP contribution >= 0.6 is 0 Å². The molecule has 0 bridgehead atoms. The molecule has 1 aliphatic heterocycles. The number of rotatable bonds is 2. The molecule has 0 aromatic carbocycles. The number of aromatic nitrogens is 1. The minimum absolute atomic E-state index is 0.00642. The van der Waals surface area contributed by atoms with Crippen molar-refractivity contribution in [2.45, 2.75) is 6.42 Å². The first-order valence-electron chi connectivity index (χ1n) is 6.08. The van der Waals surface area contributed by atoms with Gasteiger partial charge in [0.15, 0.2) is 0 Å². The van der Waals surface area contributed by atoms with Crippen molar-refractivity contribution in [1.82, 2.24) is 15.2 Å². The van der Waals surface area contributed by atoms with E-state index in [2.05, 4.69) is 15.6 Å². The van der Waals surface area contributed by atoms with Gasteiger partial charge in [-0.05, 0) is 18.6 Å². The molecule has 0 radical (unpaired) electrons. The first kappa shape index (κ1) is 13.8. The van der Waals surface area contributed by atoms with E-state index in [4.69, 9.17) is 5.11 Å². The van der Waals surface area contributed by atoms with E-state index in [1.807, 2.05) is 0 Å². The third-order valence-electron chi connectivity index (χ3n) is 2.78. The summed E-state index contributed by atoms with van der Waals surface area (Å²) in [6, 6.07) is 2.34. The molecule has 1 aromatic rings. The lowest BCUT2D eigenvalue weighted by Gasteiger charge is -2.19. The van der Waals surface area contributed by atoms with Crippen LogP contribution in [0.1, 0.15) is 16.9 Å². The Labute approximate surface area is 114 Å². The van der Waals surface area contributed by atoms with Gasteiger partial charge in [-0.15, -0.1) is 0 Å². The molecule has 0 saturated carbocycles. The largest absolute Gasteiger partial charge is 0.477 e. The van der Waals surface area contributed by atoms with Crippen molar-refractivity contribution in [2.75, 3.05) is 25.0 Å². The molecule has 1 saturated heterocycles. The molecule has 8 nitrogen and oxygen atoms in total. The van der Waals surface area contributed by atoms with E-state index in [0.29, 0.717) is 25.2 Å². The number of nitrogens with one attached hydrogen (secondary N) is 2. The van der Waals surface area contributed by atoms with Gasteiger partial charge in [-0.1, -0.05) is 0 Å². The molecule has 1 fully saturated rings. The van der Waals surface area contributed by atoms with Crippen LogP contribution in [0.4, 0.5) is 10.5 Å². The van der Waals surface area contributed by atoms with Crippen LogP contribution in [0.3, 0.4) is 0 Å². The molecule has 2 rings (SSSR count). The Balaban J connectivity index is 1.99. The number of carboxylic acid groups (broad SMARTS) is 1. The van der Waals surface area contributed by atoms with E-state index in [1.54, 1.807) is 0 Å². The zero-order chi connectivity index (χ0) is 14.5. The fourth-order valence-corrected chi connectivity index (χ4v) is 1.78. The summed E-state index contributed by atoms with van der Waals surface area (Å²) in [5, 5.41) is 14.0. The van der Waals surface area contributed by atoms with Crippen LogP contribution in [-0.4, -0.2) is 52.5 Å². The summed E-state index contributed by atoms with van der Waals surface area (Å²) in [7, 11) is 0. The maximum absolute atomic E-state index is 12.0. The number of hydrogen-bond donors (Lipinski definition) is 3. The number of carboxylic acids is 1. The van der Waals surface area contributed by atoms with Crippen LogP contribution in [0, 0.1) is 0 Å². The zero-order valence-electron chi connectivity index (χ0n) is 10.6. The third kappa shape index (κ3) is 3.44. The van der Waals surface area contributed by atoms with Gasteiger partial charge in [0.25, 0.3) is 0 Å². The number of urea groups is 1. The molecule has 2 heterocycles. The third-order valence-corrected chi connectivity index (χ3v) is 2.78. The highest BCUT2D eigenvalue weighted by Crippen LogP contribution is 2.08. The van der Waals surface area contributed by atoms with E-state index in [1.165, 1.54) is 23.2 Å². The lowest BCUT2D eigenvalue weighted by Crippen LogP contribution is -2.39. The predicted molar refractivity (Wildman–Crippen MR) is 69.4 cm³/mol. The van der Waals surface area contributed by atoms with Crippen molar-refractivity contribution in [3.63, 3.8) is 0 Å².